The molecule has 8 heteroatoms. The van der Waals surface area contributed by atoms with E-state index in [1.54, 1.807) is 45.9 Å². The predicted octanol–water partition coefficient (Wildman–Crippen LogP) is 4.05. The Bertz CT molecular complexity index is 791. The molecule has 3 atom stereocenters. The summed E-state index contributed by atoms with van der Waals surface area (Å²) in [7, 11) is 1.26. The van der Waals surface area contributed by atoms with Crippen LogP contribution in [0.15, 0.2) is 22.7 Å². The first kappa shape index (κ1) is 21.7. The molecule has 1 aromatic carbocycles. The summed E-state index contributed by atoms with van der Waals surface area (Å²) in [6, 6.07) is 3.12. The average Bonchev–Trinajstić information content (AvgIpc) is 2.89. The SMILES string of the molecule is COC(=O)[C@@]1(C)C[C@@H](C(=O)O)N(C(=O)C(C)(C)C)[C@H]1c1ccc(Cl)c(Br)c1. The number of halogens is 2. The molecule has 0 saturated carbocycles. The molecule has 1 aromatic rings. The van der Waals surface area contributed by atoms with Crippen LogP contribution in [-0.4, -0.2) is 41.0 Å². The van der Waals surface area contributed by atoms with Crippen LogP contribution in [-0.2, 0) is 19.1 Å². The van der Waals surface area contributed by atoms with Crippen molar-refractivity contribution in [2.24, 2.45) is 10.8 Å². The number of esters is 1. The predicted molar refractivity (Wildman–Crippen MR) is 104 cm³/mol. The lowest BCUT2D eigenvalue weighted by Crippen LogP contribution is -2.48. The number of carbonyl (C=O) groups excluding carboxylic acids is 2. The van der Waals surface area contributed by atoms with Gasteiger partial charge in [-0.05, 0) is 47.0 Å². The second-order valence-electron chi connectivity index (χ2n) is 8.01. The minimum atomic E-state index is -1.22. The minimum absolute atomic E-state index is 0.0399. The Morgan fingerprint density at radius 1 is 1.33 bits per heavy atom. The van der Waals surface area contributed by atoms with Crippen molar-refractivity contribution < 1.29 is 24.2 Å². The van der Waals surface area contributed by atoms with Crippen molar-refractivity contribution >= 4 is 45.4 Å². The number of amides is 1. The van der Waals surface area contributed by atoms with Gasteiger partial charge in [0, 0.05) is 9.89 Å². The van der Waals surface area contributed by atoms with Crippen molar-refractivity contribution in [1.82, 2.24) is 4.90 Å². The Kier molecular flexibility index (Phi) is 5.97. The largest absolute Gasteiger partial charge is 0.480 e. The highest BCUT2D eigenvalue weighted by Crippen LogP contribution is 2.52. The van der Waals surface area contributed by atoms with Crippen LogP contribution in [0.1, 0.15) is 45.7 Å². The molecular weight excluding hydrogens is 438 g/mol. The molecule has 0 bridgehead atoms. The Morgan fingerprint density at radius 3 is 2.37 bits per heavy atom. The van der Waals surface area contributed by atoms with Crippen molar-refractivity contribution in [3.05, 3.63) is 33.3 Å². The maximum Gasteiger partial charge on any atom is 0.326 e. The molecule has 1 saturated heterocycles. The molecule has 2 rings (SSSR count). The van der Waals surface area contributed by atoms with Gasteiger partial charge in [0.2, 0.25) is 5.91 Å². The molecule has 0 radical (unpaired) electrons. The Labute approximate surface area is 171 Å². The van der Waals surface area contributed by atoms with Gasteiger partial charge in [0.05, 0.1) is 23.6 Å². The van der Waals surface area contributed by atoms with Gasteiger partial charge in [0.1, 0.15) is 6.04 Å². The number of ether oxygens (including phenoxy) is 1. The van der Waals surface area contributed by atoms with E-state index in [2.05, 4.69) is 15.9 Å². The van der Waals surface area contributed by atoms with Crippen LogP contribution >= 0.6 is 27.5 Å². The number of rotatable bonds is 3. The van der Waals surface area contributed by atoms with Crippen LogP contribution in [0.3, 0.4) is 0 Å². The highest BCUT2D eigenvalue weighted by Gasteiger charge is 2.59. The lowest BCUT2D eigenvalue weighted by atomic mass is 9.78. The van der Waals surface area contributed by atoms with Gasteiger partial charge < -0.3 is 14.7 Å². The fraction of sp³-hybridized carbons (Fsp3) is 0.526. The molecule has 6 nitrogen and oxygen atoms in total. The lowest BCUT2D eigenvalue weighted by Gasteiger charge is -2.37. The van der Waals surface area contributed by atoms with Gasteiger partial charge in [-0.25, -0.2) is 4.79 Å². The molecule has 1 N–H and O–H groups in total. The zero-order valence-corrected chi connectivity index (χ0v) is 18.2. The maximum atomic E-state index is 13.2. The topological polar surface area (TPSA) is 83.9 Å². The number of carboxylic acids is 1. The van der Waals surface area contributed by atoms with E-state index in [0.29, 0.717) is 15.1 Å². The Balaban J connectivity index is 2.73. The van der Waals surface area contributed by atoms with Crippen molar-refractivity contribution in [2.45, 2.75) is 46.2 Å². The number of methoxy groups -OCH3 is 1. The van der Waals surface area contributed by atoms with E-state index in [1.165, 1.54) is 12.0 Å². The van der Waals surface area contributed by atoms with E-state index >= 15 is 0 Å². The summed E-state index contributed by atoms with van der Waals surface area (Å²) >= 11 is 9.44. The molecule has 1 amide bonds. The Morgan fingerprint density at radius 2 is 1.93 bits per heavy atom. The van der Waals surface area contributed by atoms with Crippen molar-refractivity contribution in [2.75, 3.05) is 7.11 Å². The van der Waals surface area contributed by atoms with Gasteiger partial charge in [-0.2, -0.15) is 0 Å². The van der Waals surface area contributed by atoms with Gasteiger partial charge >= 0.3 is 11.9 Å². The molecule has 148 valence electrons. The van der Waals surface area contributed by atoms with E-state index in [4.69, 9.17) is 16.3 Å². The minimum Gasteiger partial charge on any atom is -0.480 e. The highest BCUT2D eigenvalue weighted by molar-refractivity contribution is 9.10. The molecular formula is C19H23BrClNO5. The van der Waals surface area contributed by atoms with Crippen molar-refractivity contribution in [3.63, 3.8) is 0 Å². The number of hydrogen-bond acceptors (Lipinski definition) is 4. The van der Waals surface area contributed by atoms with E-state index < -0.39 is 34.9 Å². The summed E-state index contributed by atoms with van der Waals surface area (Å²) in [5.41, 5.74) is -1.43. The number of aliphatic carboxylic acids is 1. The molecule has 0 aromatic heterocycles. The van der Waals surface area contributed by atoms with Crippen LogP contribution < -0.4 is 0 Å². The third-order valence-electron chi connectivity index (χ3n) is 4.91. The summed E-state index contributed by atoms with van der Waals surface area (Å²) in [6.45, 7) is 6.79. The standard InChI is InChI=1S/C19H23BrClNO5/c1-18(2,3)16(25)22-13(15(23)24)9-19(4,17(26)27-5)14(22)10-6-7-12(21)11(20)8-10/h6-8,13-14H,9H2,1-5H3,(H,23,24)/t13-,14-,19-/m0/s1. The monoisotopic (exact) mass is 459 g/mol. The number of carboxylic acid groups (broad SMARTS) is 1. The molecule has 0 unspecified atom stereocenters. The van der Waals surface area contributed by atoms with Crippen molar-refractivity contribution in [3.8, 4) is 0 Å². The fourth-order valence-corrected chi connectivity index (χ4v) is 4.10. The van der Waals surface area contributed by atoms with Crippen molar-refractivity contribution in [1.29, 1.82) is 0 Å². The summed E-state index contributed by atoms with van der Waals surface area (Å²) in [5.74, 6) is -2.06. The summed E-state index contributed by atoms with van der Waals surface area (Å²) in [6.07, 6.45) is -0.0399. The van der Waals surface area contributed by atoms with E-state index in [0.717, 1.165) is 0 Å². The third-order valence-corrected chi connectivity index (χ3v) is 6.12. The number of carbonyl (C=O) groups is 3. The van der Waals surface area contributed by atoms with Crippen LogP contribution in [0.5, 0.6) is 0 Å². The molecule has 0 spiro atoms. The first-order chi connectivity index (χ1) is 12.3. The number of benzene rings is 1. The van der Waals surface area contributed by atoms with Gasteiger partial charge in [-0.3, -0.25) is 9.59 Å². The second-order valence-corrected chi connectivity index (χ2v) is 9.27. The normalized spacial score (nSPS) is 25.4. The highest BCUT2D eigenvalue weighted by atomic mass is 79.9. The first-order valence-corrected chi connectivity index (χ1v) is 9.60. The van der Waals surface area contributed by atoms with Crippen LogP contribution in [0.4, 0.5) is 0 Å². The summed E-state index contributed by atoms with van der Waals surface area (Å²) < 4.78 is 5.57. The zero-order valence-electron chi connectivity index (χ0n) is 15.9. The Hall–Kier alpha value is -1.60. The molecule has 27 heavy (non-hydrogen) atoms. The van der Waals surface area contributed by atoms with E-state index in [1.807, 2.05) is 0 Å². The van der Waals surface area contributed by atoms with E-state index in [-0.39, 0.29) is 12.3 Å². The smallest absolute Gasteiger partial charge is 0.326 e. The van der Waals surface area contributed by atoms with Crippen LogP contribution in [0.2, 0.25) is 5.02 Å². The number of likely N-dealkylation sites (tertiary alicyclic amines) is 1. The van der Waals surface area contributed by atoms with Crippen LogP contribution in [0.25, 0.3) is 0 Å². The summed E-state index contributed by atoms with van der Waals surface area (Å²) in [5, 5.41) is 10.2. The zero-order chi connectivity index (χ0) is 20.7. The van der Waals surface area contributed by atoms with Gasteiger partial charge in [0.25, 0.3) is 0 Å². The van der Waals surface area contributed by atoms with E-state index in [9.17, 15) is 19.5 Å². The number of hydrogen-bond donors (Lipinski definition) is 1. The quantitative estimate of drug-likeness (QED) is 0.688. The van der Waals surface area contributed by atoms with Gasteiger partial charge in [-0.1, -0.05) is 38.4 Å². The average molecular weight is 461 g/mol. The van der Waals surface area contributed by atoms with Crippen LogP contribution in [0, 0.1) is 10.8 Å². The molecule has 1 aliphatic heterocycles. The molecule has 1 heterocycles. The second kappa shape index (κ2) is 7.43. The maximum absolute atomic E-state index is 13.2. The summed E-state index contributed by atoms with van der Waals surface area (Å²) in [4.78, 5) is 39.1. The lowest BCUT2D eigenvalue weighted by molar-refractivity contribution is -0.157. The van der Waals surface area contributed by atoms with Gasteiger partial charge in [-0.15, -0.1) is 0 Å². The molecule has 1 fully saturated rings. The fourth-order valence-electron chi connectivity index (χ4n) is 3.59. The molecule has 1 aliphatic rings. The first-order valence-electron chi connectivity index (χ1n) is 8.43. The third kappa shape index (κ3) is 3.85. The molecule has 0 aliphatic carbocycles. The van der Waals surface area contributed by atoms with Gasteiger partial charge in [0.15, 0.2) is 0 Å². The number of nitrogens with zero attached hydrogens (tertiary/aromatic N) is 1.